The Bertz CT molecular complexity index is 1330. The molecule has 1 aromatic heterocycles. The molecule has 1 N–H and O–H groups in total. The van der Waals surface area contributed by atoms with E-state index in [2.05, 4.69) is 12.6 Å². The second kappa shape index (κ2) is 8.69. The zero-order valence-electron chi connectivity index (χ0n) is 17.5. The quantitative estimate of drug-likeness (QED) is 0.272. The number of Topliss-reactive ketones (excluding diaryl/α,β-unsaturated/α-hetero) is 1. The van der Waals surface area contributed by atoms with Crippen molar-refractivity contribution in [2.45, 2.75) is 0 Å². The lowest BCUT2D eigenvalue weighted by Gasteiger charge is -2.16. The Balaban J connectivity index is 1.85. The Kier molecular flexibility index (Phi) is 5.79. The van der Waals surface area contributed by atoms with Gasteiger partial charge in [0, 0.05) is 37.9 Å². The van der Waals surface area contributed by atoms with Crippen molar-refractivity contribution in [1.82, 2.24) is 0 Å². The number of carbonyl (C=O) groups is 2. The molecule has 0 radical (unpaired) electrons. The molecular formula is C26H20O5S. The van der Waals surface area contributed by atoms with Crippen LogP contribution in [0, 0.1) is 0 Å². The SMILES string of the molecule is C=C(C(=O)c1ccccc1C(=O)O)c1cc(-c2cc3ccccc3s2)c(OC)cc1OC. The number of rotatable bonds is 7. The van der Waals surface area contributed by atoms with Gasteiger partial charge in [-0.25, -0.2) is 4.79 Å². The summed E-state index contributed by atoms with van der Waals surface area (Å²) < 4.78 is 12.3. The fraction of sp³-hybridized carbons (Fsp3) is 0.0769. The van der Waals surface area contributed by atoms with Crippen LogP contribution in [0.2, 0.25) is 0 Å². The first kappa shape index (κ1) is 21.3. The van der Waals surface area contributed by atoms with Gasteiger partial charge >= 0.3 is 5.97 Å². The number of carbonyl (C=O) groups excluding carboxylic acids is 1. The van der Waals surface area contributed by atoms with Crippen molar-refractivity contribution >= 4 is 38.7 Å². The molecular weight excluding hydrogens is 424 g/mol. The Morgan fingerprint density at radius 2 is 1.50 bits per heavy atom. The number of thiophene rings is 1. The normalized spacial score (nSPS) is 10.7. The molecule has 0 saturated heterocycles. The zero-order valence-corrected chi connectivity index (χ0v) is 18.4. The van der Waals surface area contributed by atoms with E-state index < -0.39 is 11.8 Å². The molecule has 0 fully saturated rings. The monoisotopic (exact) mass is 444 g/mol. The first-order valence-electron chi connectivity index (χ1n) is 9.76. The largest absolute Gasteiger partial charge is 0.496 e. The molecule has 4 rings (SSSR count). The molecule has 6 heteroatoms. The maximum Gasteiger partial charge on any atom is 0.336 e. The van der Waals surface area contributed by atoms with Crippen LogP contribution < -0.4 is 9.47 Å². The summed E-state index contributed by atoms with van der Waals surface area (Å²) in [5.74, 6) is -0.635. The predicted octanol–water partition coefficient (Wildman–Crippen LogP) is 6.18. The van der Waals surface area contributed by atoms with Crippen LogP contribution in [0.1, 0.15) is 26.3 Å². The van der Waals surface area contributed by atoms with Crippen LogP contribution in [0.15, 0.2) is 73.3 Å². The molecule has 5 nitrogen and oxygen atoms in total. The highest BCUT2D eigenvalue weighted by Gasteiger charge is 2.23. The lowest BCUT2D eigenvalue weighted by molar-refractivity contribution is 0.0693. The van der Waals surface area contributed by atoms with Gasteiger partial charge in [0.25, 0.3) is 0 Å². The third-order valence-electron chi connectivity index (χ3n) is 5.21. The number of methoxy groups -OCH3 is 2. The Hall–Kier alpha value is -3.90. The van der Waals surface area contributed by atoms with Gasteiger partial charge in [-0.3, -0.25) is 4.79 Å². The van der Waals surface area contributed by atoms with Gasteiger partial charge in [0.2, 0.25) is 0 Å². The maximum absolute atomic E-state index is 13.2. The standard InChI is InChI=1S/C26H20O5S/c1-15(25(27)17-9-5-6-10-18(17)26(28)29)19-13-20(22(31-3)14-21(19)30-2)24-12-16-8-4-7-11-23(16)32-24/h4-14H,1H2,2-3H3,(H,28,29). The predicted molar refractivity (Wildman–Crippen MR) is 127 cm³/mol. The molecule has 160 valence electrons. The number of hydrogen-bond acceptors (Lipinski definition) is 5. The summed E-state index contributed by atoms with van der Waals surface area (Å²) in [6, 6.07) is 19.7. The van der Waals surface area contributed by atoms with Crippen LogP contribution >= 0.6 is 11.3 Å². The molecule has 3 aromatic carbocycles. The Morgan fingerprint density at radius 3 is 2.16 bits per heavy atom. The molecule has 0 atom stereocenters. The highest BCUT2D eigenvalue weighted by atomic mass is 32.1. The number of benzene rings is 3. The van der Waals surface area contributed by atoms with Crippen molar-refractivity contribution in [3.63, 3.8) is 0 Å². The van der Waals surface area contributed by atoms with Crippen LogP contribution in [-0.2, 0) is 0 Å². The summed E-state index contributed by atoms with van der Waals surface area (Å²) >= 11 is 1.61. The van der Waals surface area contributed by atoms with Gasteiger partial charge in [0.05, 0.1) is 19.8 Å². The smallest absolute Gasteiger partial charge is 0.336 e. The Labute approximate surface area is 189 Å². The van der Waals surface area contributed by atoms with E-state index in [0.29, 0.717) is 17.1 Å². The summed E-state index contributed by atoms with van der Waals surface area (Å²) in [5.41, 5.74) is 1.42. The molecule has 0 aliphatic carbocycles. The second-order valence-electron chi connectivity index (χ2n) is 7.06. The van der Waals surface area contributed by atoms with Crippen molar-refractivity contribution in [3.8, 4) is 21.9 Å². The van der Waals surface area contributed by atoms with Gasteiger partial charge < -0.3 is 14.6 Å². The number of fused-ring (bicyclic) bond motifs is 1. The van der Waals surface area contributed by atoms with Crippen molar-refractivity contribution < 1.29 is 24.2 Å². The third-order valence-corrected chi connectivity index (χ3v) is 6.36. The molecule has 0 bridgehead atoms. The fourth-order valence-electron chi connectivity index (χ4n) is 3.59. The number of ketones is 1. The average molecular weight is 445 g/mol. The molecule has 0 unspecified atom stereocenters. The summed E-state index contributed by atoms with van der Waals surface area (Å²) in [7, 11) is 3.08. The van der Waals surface area contributed by atoms with Crippen molar-refractivity contribution in [3.05, 3.63) is 90.0 Å². The van der Waals surface area contributed by atoms with E-state index in [1.807, 2.05) is 30.3 Å². The molecule has 4 aromatic rings. The number of allylic oxidation sites excluding steroid dienone is 1. The Morgan fingerprint density at radius 1 is 0.844 bits per heavy atom. The molecule has 0 aliphatic rings. The number of carboxylic acids is 1. The van der Waals surface area contributed by atoms with Crippen LogP contribution in [0.5, 0.6) is 11.5 Å². The summed E-state index contributed by atoms with van der Waals surface area (Å²) in [6.07, 6.45) is 0. The topological polar surface area (TPSA) is 72.8 Å². The lowest BCUT2D eigenvalue weighted by Crippen LogP contribution is -2.10. The molecule has 0 spiro atoms. The summed E-state index contributed by atoms with van der Waals surface area (Å²) in [6.45, 7) is 3.98. The highest BCUT2D eigenvalue weighted by molar-refractivity contribution is 7.22. The lowest BCUT2D eigenvalue weighted by atomic mass is 9.93. The molecule has 0 amide bonds. The van der Waals surface area contributed by atoms with E-state index in [-0.39, 0.29) is 16.7 Å². The van der Waals surface area contributed by atoms with Gasteiger partial charge in [0.1, 0.15) is 11.5 Å². The summed E-state index contributed by atoms with van der Waals surface area (Å²) in [4.78, 5) is 25.8. The van der Waals surface area contributed by atoms with E-state index in [4.69, 9.17) is 9.47 Å². The third kappa shape index (κ3) is 3.76. The first-order valence-corrected chi connectivity index (χ1v) is 10.6. The molecule has 0 saturated carbocycles. The van der Waals surface area contributed by atoms with E-state index >= 15 is 0 Å². The van der Waals surface area contributed by atoms with E-state index in [1.165, 1.54) is 19.2 Å². The van der Waals surface area contributed by atoms with Gasteiger partial charge in [-0.15, -0.1) is 11.3 Å². The second-order valence-corrected chi connectivity index (χ2v) is 8.14. The van der Waals surface area contributed by atoms with Crippen LogP contribution in [-0.4, -0.2) is 31.1 Å². The minimum atomic E-state index is -1.17. The van der Waals surface area contributed by atoms with E-state index in [9.17, 15) is 14.7 Å². The van der Waals surface area contributed by atoms with E-state index in [1.54, 1.807) is 36.6 Å². The van der Waals surface area contributed by atoms with E-state index in [0.717, 1.165) is 20.5 Å². The van der Waals surface area contributed by atoms with Gasteiger partial charge in [0.15, 0.2) is 5.78 Å². The van der Waals surface area contributed by atoms with Crippen LogP contribution in [0.25, 0.3) is 26.1 Å². The van der Waals surface area contributed by atoms with Gasteiger partial charge in [-0.1, -0.05) is 43.0 Å². The van der Waals surface area contributed by atoms with Crippen molar-refractivity contribution in [2.24, 2.45) is 0 Å². The fourth-order valence-corrected chi connectivity index (χ4v) is 4.68. The molecule has 32 heavy (non-hydrogen) atoms. The van der Waals surface area contributed by atoms with Crippen molar-refractivity contribution in [2.75, 3.05) is 14.2 Å². The average Bonchev–Trinajstić information content (AvgIpc) is 3.26. The van der Waals surface area contributed by atoms with Gasteiger partial charge in [-0.05, 0) is 29.7 Å². The minimum Gasteiger partial charge on any atom is -0.496 e. The minimum absolute atomic E-state index is 0.0733. The zero-order chi connectivity index (χ0) is 22.8. The molecule has 0 aliphatic heterocycles. The summed E-state index contributed by atoms with van der Waals surface area (Å²) in [5, 5.41) is 10.6. The highest BCUT2D eigenvalue weighted by Crippen LogP contribution is 2.43. The number of ether oxygens (including phenoxy) is 2. The number of hydrogen-bond donors (Lipinski definition) is 1. The number of carboxylic acid groups (broad SMARTS) is 1. The maximum atomic E-state index is 13.2. The van der Waals surface area contributed by atoms with Crippen LogP contribution in [0.4, 0.5) is 0 Å². The number of aromatic carboxylic acids is 1. The van der Waals surface area contributed by atoms with Gasteiger partial charge in [-0.2, -0.15) is 0 Å². The van der Waals surface area contributed by atoms with Crippen LogP contribution in [0.3, 0.4) is 0 Å². The first-order chi connectivity index (χ1) is 15.4. The molecule has 1 heterocycles. The van der Waals surface area contributed by atoms with Crippen molar-refractivity contribution in [1.29, 1.82) is 0 Å².